The van der Waals surface area contributed by atoms with Gasteiger partial charge in [0.25, 0.3) is 0 Å². The smallest absolute Gasteiger partial charge is 0.337 e. The number of rotatable bonds is 2. The number of anilines is 1. The normalized spacial score (nSPS) is 12.6. The number of aromatic carboxylic acids is 1. The predicted octanol–water partition coefficient (Wildman–Crippen LogP) is 2.61. The number of fused-ring (bicyclic) bond motifs is 3. The molecule has 113 valence electrons. The molecule has 0 bridgehead atoms. The van der Waals surface area contributed by atoms with Crippen LogP contribution in [0.1, 0.15) is 21.5 Å². The Labute approximate surface area is 159 Å². The number of nitrogens with one attached hydrogen (secondary N) is 2. The van der Waals surface area contributed by atoms with E-state index < -0.39 is 5.97 Å². The van der Waals surface area contributed by atoms with E-state index in [1.165, 1.54) is 0 Å². The second-order valence-corrected chi connectivity index (χ2v) is 5.11. The van der Waals surface area contributed by atoms with Gasteiger partial charge in [0.2, 0.25) is 0 Å². The second-order valence-electron chi connectivity index (χ2n) is 5.11. The van der Waals surface area contributed by atoms with Crippen molar-refractivity contribution in [3.63, 3.8) is 0 Å². The minimum Gasteiger partial charge on any atom is -0.478 e. The molecule has 4 rings (SSSR count). The van der Waals surface area contributed by atoms with Gasteiger partial charge in [-0.1, -0.05) is 30.3 Å². The van der Waals surface area contributed by atoms with Crippen LogP contribution in [0.3, 0.4) is 0 Å². The molecule has 3 aromatic rings. The van der Waals surface area contributed by atoms with Gasteiger partial charge in [0.05, 0.1) is 28.7 Å². The minimum absolute atomic E-state index is 0. The molecule has 0 saturated carbocycles. The molecule has 7 heteroatoms. The first-order chi connectivity index (χ1) is 11.3. The van der Waals surface area contributed by atoms with Gasteiger partial charge in [0, 0.05) is 58.5 Å². The fraction of sp³-hybridized carbons (Fsp3) is 0. The van der Waals surface area contributed by atoms with Gasteiger partial charge >= 0.3 is 5.97 Å². The van der Waals surface area contributed by atoms with E-state index in [1.807, 2.05) is 30.3 Å². The van der Waals surface area contributed by atoms with Crippen LogP contribution in [0.4, 0.5) is 5.69 Å². The third-order valence-corrected chi connectivity index (χ3v) is 3.77. The Kier molecular flexibility index (Phi) is 4.53. The number of carbonyl (C=O) groups is 1. The van der Waals surface area contributed by atoms with Crippen molar-refractivity contribution in [2.75, 3.05) is 5.32 Å². The van der Waals surface area contributed by atoms with Crippen molar-refractivity contribution in [1.29, 1.82) is 0 Å². The zero-order valence-electron chi connectivity index (χ0n) is 12.9. The molecule has 1 aliphatic heterocycles. The van der Waals surface area contributed by atoms with E-state index >= 15 is 0 Å². The van der Waals surface area contributed by atoms with Crippen molar-refractivity contribution < 1.29 is 9.90 Å². The first kappa shape index (κ1) is 16.4. The summed E-state index contributed by atoms with van der Waals surface area (Å²) in [6.45, 7) is 0. The Balaban J connectivity index is 0.00000169. The molecule has 6 nitrogen and oxygen atoms in total. The quantitative estimate of drug-likeness (QED) is 0.631. The molecule has 1 aliphatic rings. The molecule has 0 aliphatic carbocycles. The number of hydrogen-bond donors (Lipinski definition) is 3. The van der Waals surface area contributed by atoms with E-state index in [0.29, 0.717) is 11.2 Å². The van der Waals surface area contributed by atoms with Crippen molar-refractivity contribution in [3.05, 3.63) is 71.7 Å². The zero-order chi connectivity index (χ0) is 15.8. The van der Waals surface area contributed by atoms with Gasteiger partial charge in [-0.2, -0.15) is 5.10 Å². The first-order valence-corrected chi connectivity index (χ1v) is 7.04. The third-order valence-electron chi connectivity index (χ3n) is 3.77. The van der Waals surface area contributed by atoms with Gasteiger partial charge in [0.1, 0.15) is 0 Å². The van der Waals surface area contributed by atoms with E-state index in [9.17, 15) is 9.90 Å². The molecule has 0 unspecified atom stereocenters. The summed E-state index contributed by atoms with van der Waals surface area (Å²) in [7, 11) is 0. The topological polar surface area (TPSA) is 90.4 Å². The maximum atomic E-state index is 11.6. The number of carboxylic acids is 1. The average molecular weight is 327 g/mol. The Morgan fingerprint density at radius 1 is 1.17 bits per heavy atom. The van der Waals surface area contributed by atoms with Crippen molar-refractivity contribution in [2.24, 2.45) is 4.99 Å². The summed E-state index contributed by atoms with van der Waals surface area (Å²) in [5.41, 5.74) is 3.81. The fourth-order valence-corrected chi connectivity index (χ4v) is 2.75. The van der Waals surface area contributed by atoms with E-state index in [2.05, 4.69) is 20.5 Å². The molecular formula is C17H12N4NaO2. The summed E-state index contributed by atoms with van der Waals surface area (Å²) < 4.78 is 0. The van der Waals surface area contributed by atoms with Gasteiger partial charge in [-0.05, 0) is 6.07 Å². The first-order valence-electron chi connectivity index (χ1n) is 7.04. The van der Waals surface area contributed by atoms with Crippen LogP contribution in [0.2, 0.25) is 0 Å². The largest absolute Gasteiger partial charge is 0.478 e. The molecule has 0 atom stereocenters. The summed E-state index contributed by atoms with van der Waals surface area (Å²) >= 11 is 0. The van der Waals surface area contributed by atoms with Gasteiger partial charge in [-0.3, -0.25) is 10.1 Å². The fourth-order valence-electron chi connectivity index (χ4n) is 2.75. The predicted molar refractivity (Wildman–Crippen MR) is 93.7 cm³/mol. The van der Waals surface area contributed by atoms with E-state index in [4.69, 9.17) is 0 Å². The van der Waals surface area contributed by atoms with Crippen LogP contribution in [0, 0.1) is 0 Å². The van der Waals surface area contributed by atoms with E-state index in [1.54, 1.807) is 24.7 Å². The molecular weight excluding hydrogens is 315 g/mol. The summed E-state index contributed by atoms with van der Waals surface area (Å²) in [6, 6.07) is 11.3. The number of aliphatic imine (C=N–C) groups is 1. The SMILES string of the molecule is O=C(O)c1cc2c(c3cn[nH]c13)NC=CN=C2c1ccccc1.[Na]. The standard InChI is InChI=1S/C17H12N4O2.Na/c22-17(23)12-8-11-14(10-4-2-1-3-5-10)18-6-7-19-15(11)13-9-20-21-16(12)13;/h1-9,19H,(H,20,21)(H,22,23);. The van der Waals surface area contributed by atoms with Crippen LogP contribution >= 0.6 is 0 Å². The molecule has 1 aromatic heterocycles. The van der Waals surface area contributed by atoms with Crippen LogP contribution in [-0.4, -0.2) is 56.5 Å². The number of carboxylic acid groups (broad SMARTS) is 1. The number of H-pyrrole nitrogens is 1. The van der Waals surface area contributed by atoms with E-state index in [-0.39, 0.29) is 35.1 Å². The minimum atomic E-state index is -1.01. The van der Waals surface area contributed by atoms with Crippen molar-refractivity contribution >= 4 is 57.8 Å². The van der Waals surface area contributed by atoms with Crippen LogP contribution in [-0.2, 0) is 0 Å². The Hall–Kier alpha value is -2.41. The monoisotopic (exact) mass is 327 g/mol. The Morgan fingerprint density at radius 3 is 2.71 bits per heavy atom. The number of aromatic amines is 1. The molecule has 2 aromatic carbocycles. The molecule has 24 heavy (non-hydrogen) atoms. The molecule has 0 amide bonds. The average Bonchev–Trinajstić information content (AvgIpc) is 2.95. The van der Waals surface area contributed by atoms with Crippen molar-refractivity contribution in [2.45, 2.75) is 0 Å². The Bertz CT molecular complexity index is 977. The van der Waals surface area contributed by atoms with Crippen LogP contribution in [0.15, 0.2) is 60.0 Å². The molecule has 3 N–H and O–H groups in total. The number of hydrogen-bond acceptors (Lipinski definition) is 4. The molecule has 0 saturated heterocycles. The van der Waals surface area contributed by atoms with Gasteiger partial charge in [-0.25, -0.2) is 4.79 Å². The maximum absolute atomic E-state index is 11.6. The number of nitrogens with zero attached hydrogens (tertiary/aromatic N) is 2. The Morgan fingerprint density at radius 2 is 1.96 bits per heavy atom. The molecule has 2 heterocycles. The number of aromatic nitrogens is 2. The number of benzene rings is 2. The van der Waals surface area contributed by atoms with Gasteiger partial charge in [-0.15, -0.1) is 0 Å². The maximum Gasteiger partial charge on any atom is 0.337 e. The summed E-state index contributed by atoms with van der Waals surface area (Å²) in [5.74, 6) is -1.01. The summed E-state index contributed by atoms with van der Waals surface area (Å²) in [4.78, 5) is 16.1. The molecule has 0 fully saturated rings. The van der Waals surface area contributed by atoms with Crippen molar-refractivity contribution in [1.82, 2.24) is 10.2 Å². The summed E-state index contributed by atoms with van der Waals surface area (Å²) in [5, 5.41) is 20.1. The molecule has 0 spiro atoms. The third kappa shape index (κ3) is 2.65. The van der Waals surface area contributed by atoms with Crippen LogP contribution < -0.4 is 5.32 Å². The second kappa shape index (κ2) is 6.60. The van der Waals surface area contributed by atoms with Gasteiger partial charge < -0.3 is 10.4 Å². The van der Waals surface area contributed by atoms with Gasteiger partial charge in [0.15, 0.2) is 0 Å². The van der Waals surface area contributed by atoms with Crippen molar-refractivity contribution in [3.8, 4) is 0 Å². The molecule has 1 radical (unpaired) electrons. The van der Waals surface area contributed by atoms with Crippen LogP contribution in [0.5, 0.6) is 0 Å². The van der Waals surface area contributed by atoms with Crippen LogP contribution in [0.25, 0.3) is 10.9 Å². The van der Waals surface area contributed by atoms with E-state index in [0.717, 1.165) is 22.2 Å². The zero-order valence-corrected chi connectivity index (χ0v) is 14.9. The summed E-state index contributed by atoms with van der Waals surface area (Å²) in [6.07, 6.45) is 5.01.